The van der Waals surface area contributed by atoms with Gasteiger partial charge in [0.1, 0.15) is 0 Å². The van der Waals surface area contributed by atoms with Crippen molar-refractivity contribution in [2.45, 2.75) is 26.4 Å². The summed E-state index contributed by atoms with van der Waals surface area (Å²) in [7, 11) is 0. The van der Waals surface area contributed by atoms with Gasteiger partial charge in [-0.15, -0.1) is 10.2 Å². The van der Waals surface area contributed by atoms with Crippen LogP contribution in [0.5, 0.6) is 0 Å². The summed E-state index contributed by atoms with van der Waals surface area (Å²) < 4.78 is 2.09. The van der Waals surface area contributed by atoms with E-state index in [4.69, 9.17) is 0 Å². The van der Waals surface area contributed by atoms with Gasteiger partial charge in [-0.1, -0.05) is 30.3 Å². The van der Waals surface area contributed by atoms with Crippen molar-refractivity contribution in [2.24, 2.45) is 0 Å². The molecule has 3 aromatic rings. The summed E-state index contributed by atoms with van der Waals surface area (Å²) in [6.07, 6.45) is 0. The lowest BCUT2D eigenvalue weighted by Crippen LogP contribution is -2.40. The van der Waals surface area contributed by atoms with Crippen LogP contribution in [0.3, 0.4) is 0 Å². The summed E-state index contributed by atoms with van der Waals surface area (Å²) in [6.45, 7) is 4.71. The van der Waals surface area contributed by atoms with Crippen LogP contribution in [0.1, 0.15) is 34.8 Å². The molecule has 1 aliphatic rings. The molecule has 7 heteroatoms. The van der Waals surface area contributed by atoms with E-state index >= 15 is 0 Å². The van der Waals surface area contributed by atoms with Gasteiger partial charge in [0.25, 0.3) is 5.91 Å². The molecule has 4 rings (SSSR count). The number of nitrogens with zero attached hydrogens (tertiary/aromatic N) is 4. The normalized spacial score (nSPS) is 16.4. The van der Waals surface area contributed by atoms with Crippen molar-refractivity contribution in [1.29, 1.82) is 0 Å². The van der Waals surface area contributed by atoms with E-state index in [9.17, 15) is 9.59 Å². The van der Waals surface area contributed by atoms with Crippen LogP contribution in [-0.2, 0) is 6.54 Å². The van der Waals surface area contributed by atoms with Crippen LogP contribution < -0.4 is 5.56 Å². The zero-order valence-electron chi connectivity index (χ0n) is 14.6. The van der Waals surface area contributed by atoms with Gasteiger partial charge in [-0.2, -0.15) is 0 Å². The van der Waals surface area contributed by atoms with Gasteiger partial charge < -0.3 is 14.5 Å². The highest BCUT2D eigenvalue weighted by Crippen LogP contribution is 2.27. The zero-order chi connectivity index (χ0) is 18.3. The molecule has 7 nitrogen and oxygen atoms in total. The Morgan fingerprint density at radius 1 is 1.19 bits per heavy atom. The Balaban J connectivity index is 1.66. The molecule has 0 radical (unpaired) electrons. The maximum Gasteiger partial charge on any atom is 0.254 e. The second kappa shape index (κ2) is 6.25. The Morgan fingerprint density at radius 3 is 2.69 bits per heavy atom. The molecule has 0 saturated carbocycles. The average Bonchev–Trinajstić information content (AvgIpc) is 3.05. The molecule has 3 heterocycles. The van der Waals surface area contributed by atoms with Gasteiger partial charge in [-0.05, 0) is 19.9 Å². The molecular formula is C19H19N5O2. The van der Waals surface area contributed by atoms with Crippen LogP contribution in [0.25, 0.3) is 11.4 Å². The van der Waals surface area contributed by atoms with E-state index in [0.29, 0.717) is 24.3 Å². The fourth-order valence-corrected chi connectivity index (χ4v) is 3.46. The predicted octanol–water partition coefficient (Wildman–Crippen LogP) is 2.16. The lowest BCUT2D eigenvalue weighted by molar-refractivity contribution is 0.0682. The van der Waals surface area contributed by atoms with Crippen LogP contribution in [0.15, 0.2) is 47.3 Å². The predicted molar refractivity (Wildman–Crippen MR) is 96.7 cm³/mol. The van der Waals surface area contributed by atoms with Gasteiger partial charge in [-0.25, -0.2) is 0 Å². The zero-order valence-corrected chi connectivity index (χ0v) is 14.6. The van der Waals surface area contributed by atoms with Gasteiger partial charge in [0.05, 0.1) is 12.6 Å². The number of H-pyrrole nitrogens is 1. The van der Waals surface area contributed by atoms with Gasteiger partial charge in [0.2, 0.25) is 5.56 Å². The fraction of sp³-hybridized carbons (Fsp3) is 0.263. The van der Waals surface area contributed by atoms with Crippen molar-refractivity contribution in [1.82, 2.24) is 24.6 Å². The van der Waals surface area contributed by atoms with Crippen molar-refractivity contribution in [3.05, 3.63) is 69.9 Å². The smallest absolute Gasteiger partial charge is 0.254 e. The molecule has 1 aliphatic heterocycles. The summed E-state index contributed by atoms with van der Waals surface area (Å²) in [5.74, 6) is 1.39. The third kappa shape index (κ3) is 2.81. The van der Waals surface area contributed by atoms with Crippen LogP contribution in [0.2, 0.25) is 0 Å². The molecule has 26 heavy (non-hydrogen) atoms. The fourth-order valence-electron chi connectivity index (χ4n) is 3.46. The summed E-state index contributed by atoms with van der Waals surface area (Å²) in [5, 5.41) is 8.63. The number of hydrogen-bond acceptors (Lipinski definition) is 4. The minimum atomic E-state index is -0.270. The number of benzene rings is 1. The molecule has 1 amide bonds. The van der Waals surface area contributed by atoms with Crippen LogP contribution >= 0.6 is 0 Å². The number of carbonyl (C=O) groups is 1. The number of carbonyl (C=O) groups excluding carboxylic acids is 1. The van der Waals surface area contributed by atoms with Gasteiger partial charge in [-0.3, -0.25) is 9.59 Å². The third-order valence-electron chi connectivity index (χ3n) is 4.57. The summed E-state index contributed by atoms with van der Waals surface area (Å²) in [4.78, 5) is 28.9. The monoisotopic (exact) mass is 349 g/mol. The highest BCUT2D eigenvalue weighted by atomic mass is 16.2. The van der Waals surface area contributed by atoms with E-state index in [2.05, 4.69) is 19.7 Å². The number of hydrogen-bond donors (Lipinski definition) is 1. The lowest BCUT2D eigenvalue weighted by atomic mass is 10.1. The van der Waals surface area contributed by atoms with Crippen LogP contribution in [-0.4, -0.2) is 37.1 Å². The standard InChI is InChI=1S/C19H19N5O2/c1-12-8-15(9-17(25)20-12)19(26)23-10-13(2)24-16(11-23)21-22-18(24)14-6-4-3-5-7-14/h3-9,13H,10-11H2,1-2H3,(H,20,25)/t13-/m0/s1. The first-order chi connectivity index (χ1) is 12.5. The Hall–Kier alpha value is -3.22. The Morgan fingerprint density at radius 2 is 1.96 bits per heavy atom. The molecule has 1 aromatic carbocycles. The van der Waals surface area contributed by atoms with E-state index < -0.39 is 0 Å². The summed E-state index contributed by atoms with van der Waals surface area (Å²) >= 11 is 0. The quantitative estimate of drug-likeness (QED) is 0.768. The summed E-state index contributed by atoms with van der Waals surface area (Å²) in [6, 6.07) is 13.0. The minimum Gasteiger partial charge on any atom is -0.329 e. The topological polar surface area (TPSA) is 83.9 Å². The molecule has 132 valence electrons. The first-order valence-corrected chi connectivity index (χ1v) is 8.52. The van der Waals surface area contributed by atoms with Crippen molar-refractivity contribution in [2.75, 3.05) is 6.54 Å². The number of fused-ring (bicyclic) bond motifs is 1. The SMILES string of the molecule is Cc1cc(C(=O)N2Cc3nnc(-c4ccccc4)n3[C@@H](C)C2)cc(=O)[nH]1. The number of nitrogens with one attached hydrogen (secondary N) is 1. The number of amides is 1. The Bertz CT molecular complexity index is 1020. The van der Waals surface area contributed by atoms with Gasteiger partial charge in [0, 0.05) is 29.4 Å². The summed E-state index contributed by atoms with van der Waals surface area (Å²) in [5.41, 5.74) is 1.80. The average molecular weight is 349 g/mol. The van der Waals surface area contributed by atoms with E-state index in [-0.39, 0.29) is 17.5 Å². The molecule has 0 spiro atoms. The van der Waals surface area contributed by atoms with Crippen LogP contribution in [0, 0.1) is 6.92 Å². The minimum absolute atomic E-state index is 0.0380. The molecule has 2 aromatic heterocycles. The highest BCUT2D eigenvalue weighted by molar-refractivity contribution is 5.94. The lowest BCUT2D eigenvalue weighted by Gasteiger charge is -2.32. The van der Waals surface area contributed by atoms with Gasteiger partial charge >= 0.3 is 0 Å². The number of rotatable bonds is 2. The van der Waals surface area contributed by atoms with E-state index in [1.165, 1.54) is 6.07 Å². The number of aromatic nitrogens is 4. The highest BCUT2D eigenvalue weighted by Gasteiger charge is 2.30. The van der Waals surface area contributed by atoms with Crippen molar-refractivity contribution < 1.29 is 4.79 Å². The number of pyridine rings is 1. The molecular weight excluding hydrogens is 330 g/mol. The maximum atomic E-state index is 12.9. The Labute approximate surface area is 150 Å². The Kier molecular flexibility index (Phi) is 3.91. The van der Waals surface area contributed by atoms with Gasteiger partial charge in [0.15, 0.2) is 11.6 Å². The van der Waals surface area contributed by atoms with Crippen molar-refractivity contribution >= 4 is 5.91 Å². The second-order valence-electron chi connectivity index (χ2n) is 6.63. The van der Waals surface area contributed by atoms with Crippen LogP contribution in [0.4, 0.5) is 0 Å². The number of aryl methyl sites for hydroxylation is 1. The molecule has 0 bridgehead atoms. The molecule has 0 unspecified atom stereocenters. The van der Waals surface area contributed by atoms with E-state index in [1.54, 1.807) is 17.9 Å². The molecule has 0 fully saturated rings. The number of aromatic amines is 1. The molecule has 0 aliphatic carbocycles. The van der Waals surface area contributed by atoms with E-state index in [1.807, 2.05) is 37.3 Å². The third-order valence-corrected chi connectivity index (χ3v) is 4.57. The second-order valence-corrected chi connectivity index (χ2v) is 6.63. The van der Waals surface area contributed by atoms with E-state index in [0.717, 1.165) is 17.2 Å². The first-order valence-electron chi connectivity index (χ1n) is 8.52. The molecule has 1 N–H and O–H groups in total. The largest absolute Gasteiger partial charge is 0.329 e. The first kappa shape index (κ1) is 16.3. The van der Waals surface area contributed by atoms with Crippen molar-refractivity contribution in [3.8, 4) is 11.4 Å². The van der Waals surface area contributed by atoms with Crippen molar-refractivity contribution in [3.63, 3.8) is 0 Å². The maximum absolute atomic E-state index is 12.9. The molecule has 1 atom stereocenters. The molecule has 0 saturated heterocycles.